The second-order valence-electron chi connectivity index (χ2n) is 7.54. The smallest absolute Gasteiger partial charge is 0.146 e. The summed E-state index contributed by atoms with van der Waals surface area (Å²) in [6.45, 7) is 8.47. The minimum atomic E-state index is -1.24. The van der Waals surface area contributed by atoms with Crippen molar-refractivity contribution in [3.63, 3.8) is 0 Å². The molecule has 0 aromatic rings. The normalized spacial score (nSPS) is 28.4. The van der Waals surface area contributed by atoms with Gasteiger partial charge in [-0.3, -0.25) is 9.59 Å². The topological polar surface area (TPSA) is 107 Å². The third-order valence-corrected chi connectivity index (χ3v) is 5.79. The van der Waals surface area contributed by atoms with Gasteiger partial charge in [0.2, 0.25) is 0 Å². The van der Waals surface area contributed by atoms with E-state index in [1.807, 2.05) is 39.8 Å². The van der Waals surface area contributed by atoms with Gasteiger partial charge in [0.05, 0.1) is 36.9 Å². The number of Topliss-reactive ketones (excluding diaryl/α,β-unsaturated/α-hetero) is 2. The predicted molar refractivity (Wildman–Crippen MR) is 98.5 cm³/mol. The molecular formula is C20H34O6. The lowest BCUT2D eigenvalue weighted by Crippen LogP contribution is -2.43. The minimum Gasteiger partial charge on any atom is -0.396 e. The number of hydrogen-bond donors (Lipinski definition) is 3. The van der Waals surface area contributed by atoms with Gasteiger partial charge in [0, 0.05) is 24.7 Å². The number of allylic oxidation sites excluding steroid dienone is 1. The van der Waals surface area contributed by atoms with Crippen LogP contribution < -0.4 is 0 Å². The van der Waals surface area contributed by atoms with Gasteiger partial charge >= 0.3 is 0 Å². The van der Waals surface area contributed by atoms with Crippen molar-refractivity contribution in [2.45, 2.75) is 65.3 Å². The quantitative estimate of drug-likeness (QED) is 0.355. The van der Waals surface area contributed by atoms with E-state index in [0.29, 0.717) is 0 Å². The maximum Gasteiger partial charge on any atom is 0.146 e. The molecule has 0 radical (unpaired) electrons. The lowest BCUT2D eigenvalue weighted by molar-refractivity contribution is -0.137. The fourth-order valence-corrected chi connectivity index (χ4v) is 3.73. The number of hydrogen-bond acceptors (Lipinski definition) is 6. The number of epoxide rings is 1. The molecule has 0 spiro atoms. The highest BCUT2D eigenvalue weighted by atomic mass is 16.6. The van der Waals surface area contributed by atoms with E-state index < -0.39 is 42.5 Å². The maximum atomic E-state index is 12.9. The SMILES string of the molecule is C/C=C\[C@H](C)[C@H]1O[C@@]1(C)[C@@H](C)[C@@H](CO)C(=O)[C@H](CO)C(O)CC(=O)CC. The van der Waals surface area contributed by atoms with Gasteiger partial charge in [-0.05, 0) is 19.8 Å². The molecule has 0 bridgehead atoms. The highest BCUT2D eigenvalue weighted by Gasteiger charge is 2.60. The molecule has 0 aliphatic carbocycles. The number of ketones is 2. The molecule has 1 unspecified atom stereocenters. The van der Waals surface area contributed by atoms with E-state index in [1.54, 1.807) is 6.92 Å². The first-order valence-electron chi connectivity index (χ1n) is 9.43. The van der Waals surface area contributed by atoms with Crippen molar-refractivity contribution in [3.8, 4) is 0 Å². The van der Waals surface area contributed by atoms with Crippen LogP contribution in [0, 0.1) is 23.7 Å². The van der Waals surface area contributed by atoms with E-state index in [2.05, 4.69) is 0 Å². The van der Waals surface area contributed by atoms with Gasteiger partial charge in [-0.1, -0.05) is 32.9 Å². The molecule has 1 rings (SSSR count). The summed E-state index contributed by atoms with van der Waals surface area (Å²) in [5.41, 5.74) is -0.549. The second-order valence-corrected chi connectivity index (χ2v) is 7.54. The molecule has 150 valence electrons. The summed E-state index contributed by atoms with van der Waals surface area (Å²) in [4.78, 5) is 24.4. The van der Waals surface area contributed by atoms with Gasteiger partial charge in [0.15, 0.2) is 0 Å². The molecule has 1 aliphatic heterocycles. The zero-order valence-corrected chi connectivity index (χ0v) is 16.5. The van der Waals surface area contributed by atoms with Crippen LogP contribution in [0.1, 0.15) is 47.5 Å². The van der Waals surface area contributed by atoms with Crippen molar-refractivity contribution in [1.82, 2.24) is 0 Å². The molecule has 0 aromatic heterocycles. The zero-order chi connectivity index (χ0) is 20.1. The molecule has 6 nitrogen and oxygen atoms in total. The lowest BCUT2D eigenvalue weighted by atomic mass is 9.74. The molecule has 0 aromatic carbocycles. The molecule has 26 heavy (non-hydrogen) atoms. The Morgan fingerprint density at radius 2 is 1.77 bits per heavy atom. The Balaban J connectivity index is 2.88. The second kappa shape index (κ2) is 9.74. The van der Waals surface area contributed by atoms with Gasteiger partial charge in [-0.15, -0.1) is 0 Å². The molecule has 3 N–H and O–H groups in total. The summed E-state index contributed by atoms with van der Waals surface area (Å²) in [7, 11) is 0. The van der Waals surface area contributed by atoms with Gasteiger partial charge in [0.1, 0.15) is 11.6 Å². The first kappa shape index (κ1) is 23.0. The summed E-state index contributed by atoms with van der Waals surface area (Å²) >= 11 is 0. The number of aliphatic hydroxyl groups excluding tert-OH is 3. The van der Waals surface area contributed by atoms with Crippen LogP contribution in [0.2, 0.25) is 0 Å². The first-order valence-corrected chi connectivity index (χ1v) is 9.43. The summed E-state index contributed by atoms with van der Waals surface area (Å²) in [6.07, 6.45) is 2.79. The van der Waals surface area contributed by atoms with E-state index >= 15 is 0 Å². The standard InChI is InChI=1S/C20H34O6/c1-6-8-12(3)19-20(5,26-19)13(4)15(10-21)18(25)16(11-22)17(24)9-14(23)7-2/h6,8,12-13,15-17,19,21-22,24H,7,9-11H2,1-5H3/b8-6-/t12-,13-,15+,16+,17?,19+,20-/m0/s1. The predicted octanol–water partition coefficient (Wildman–Crippen LogP) is 1.51. The minimum absolute atomic E-state index is 0.0466. The van der Waals surface area contributed by atoms with Crippen LogP contribution in [-0.4, -0.2) is 57.9 Å². The third-order valence-electron chi connectivity index (χ3n) is 5.79. The summed E-state index contributed by atoms with van der Waals surface area (Å²) in [5.74, 6) is -2.56. The largest absolute Gasteiger partial charge is 0.396 e. The van der Waals surface area contributed by atoms with Crippen molar-refractivity contribution >= 4 is 11.6 Å². The van der Waals surface area contributed by atoms with Crippen molar-refractivity contribution in [3.05, 3.63) is 12.2 Å². The summed E-state index contributed by atoms with van der Waals surface area (Å²) in [5, 5.41) is 29.6. The van der Waals surface area contributed by atoms with Crippen LogP contribution in [0.15, 0.2) is 12.2 Å². The van der Waals surface area contributed by atoms with E-state index in [1.165, 1.54) is 0 Å². The molecular weight excluding hydrogens is 336 g/mol. The van der Waals surface area contributed by atoms with Crippen molar-refractivity contribution < 1.29 is 29.6 Å². The third kappa shape index (κ3) is 5.00. The van der Waals surface area contributed by atoms with Crippen molar-refractivity contribution in [1.29, 1.82) is 0 Å². The number of carbonyl (C=O) groups excluding carboxylic acids is 2. The molecule has 1 saturated heterocycles. The van der Waals surface area contributed by atoms with Gasteiger partial charge in [-0.25, -0.2) is 0 Å². The van der Waals surface area contributed by atoms with Crippen LogP contribution in [0.3, 0.4) is 0 Å². The van der Waals surface area contributed by atoms with Crippen molar-refractivity contribution in [2.24, 2.45) is 23.7 Å². The van der Waals surface area contributed by atoms with E-state index in [9.17, 15) is 24.9 Å². The van der Waals surface area contributed by atoms with Gasteiger partial charge in [-0.2, -0.15) is 0 Å². The molecule has 1 heterocycles. The molecule has 6 heteroatoms. The first-order chi connectivity index (χ1) is 12.2. The van der Waals surface area contributed by atoms with Crippen molar-refractivity contribution in [2.75, 3.05) is 13.2 Å². The van der Waals surface area contributed by atoms with Gasteiger partial charge in [0.25, 0.3) is 0 Å². The number of rotatable bonds is 12. The Bertz CT molecular complexity index is 516. The summed E-state index contributed by atoms with van der Waals surface area (Å²) in [6, 6.07) is 0. The Morgan fingerprint density at radius 3 is 2.23 bits per heavy atom. The zero-order valence-electron chi connectivity index (χ0n) is 16.5. The molecule has 1 fully saturated rings. The lowest BCUT2D eigenvalue weighted by Gasteiger charge is -2.29. The van der Waals surface area contributed by atoms with Crippen LogP contribution in [0.4, 0.5) is 0 Å². The number of aliphatic hydroxyl groups is 3. The number of ether oxygens (including phenoxy) is 1. The Labute approximate surface area is 156 Å². The van der Waals surface area contributed by atoms with Crippen LogP contribution in [0.5, 0.6) is 0 Å². The maximum absolute atomic E-state index is 12.9. The van der Waals surface area contributed by atoms with Gasteiger partial charge < -0.3 is 20.1 Å². The molecule has 1 aliphatic rings. The van der Waals surface area contributed by atoms with Crippen LogP contribution in [-0.2, 0) is 14.3 Å². The molecule has 0 saturated carbocycles. The average Bonchev–Trinajstić information content (AvgIpc) is 3.29. The highest BCUT2D eigenvalue weighted by Crippen LogP contribution is 2.49. The molecule has 0 amide bonds. The Hall–Kier alpha value is -1.08. The van der Waals surface area contributed by atoms with Crippen LogP contribution >= 0.6 is 0 Å². The monoisotopic (exact) mass is 370 g/mol. The molecule has 7 atom stereocenters. The Morgan fingerprint density at radius 1 is 1.19 bits per heavy atom. The fraction of sp³-hybridized carbons (Fsp3) is 0.800. The van der Waals surface area contributed by atoms with E-state index in [-0.39, 0.29) is 36.6 Å². The van der Waals surface area contributed by atoms with Crippen LogP contribution in [0.25, 0.3) is 0 Å². The number of carbonyl (C=O) groups is 2. The fourth-order valence-electron chi connectivity index (χ4n) is 3.73. The summed E-state index contributed by atoms with van der Waals surface area (Å²) < 4.78 is 5.88. The van der Waals surface area contributed by atoms with E-state index in [0.717, 1.165) is 0 Å². The van der Waals surface area contributed by atoms with E-state index in [4.69, 9.17) is 4.74 Å². The highest BCUT2D eigenvalue weighted by molar-refractivity contribution is 5.86. The Kier molecular flexibility index (Phi) is 8.60. The average molecular weight is 370 g/mol.